The molecule has 0 aromatic carbocycles. The molecule has 1 atom stereocenters. The van der Waals surface area contributed by atoms with Crippen LogP contribution >= 0.6 is 0 Å². The van der Waals surface area contributed by atoms with Crippen LogP contribution in [0.25, 0.3) is 0 Å². The largest absolute Gasteiger partial charge is 0.462 e. The third kappa shape index (κ3) is 34.6. The van der Waals surface area contributed by atoms with E-state index in [-0.39, 0.29) is 30.3 Å². The molecule has 0 spiro atoms. The predicted molar refractivity (Wildman–Crippen MR) is 220 cm³/mol. The summed E-state index contributed by atoms with van der Waals surface area (Å²) in [5, 5.41) is 10.7. The van der Waals surface area contributed by atoms with E-state index in [1.54, 1.807) is 0 Å². The second kappa shape index (κ2) is 38.1. The maximum absolute atomic E-state index is 12.8. The van der Waals surface area contributed by atoms with Crippen molar-refractivity contribution >= 4 is 11.9 Å². The molecule has 0 heterocycles. The lowest BCUT2D eigenvalue weighted by molar-refractivity contribution is -0.151. The minimum absolute atomic E-state index is 0.0143. The quantitative estimate of drug-likeness (QED) is 0.0380. The highest BCUT2D eigenvalue weighted by Crippen LogP contribution is 2.21. The molecule has 0 aliphatic heterocycles. The number of nitrogens with zero attached hydrogens (tertiary/aromatic N) is 1. The Labute approximate surface area is 323 Å². The molecule has 7 heteroatoms. The first kappa shape index (κ1) is 50.8. The van der Waals surface area contributed by atoms with Gasteiger partial charge in [-0.25, -0.2) is 0 Å². The van der Waals surface area contributed by atoms with Crippen molar-refractivity contribution < 1.29 is 28.9 Å². The molecule has 0 bridgehead atoms. The summed E-state index contributed by atoms with van der Waals surface area (Å²) in [5.74, 6) is -0.0872. The highest BCUT2D eigenvalue weighted by Gasteiger charge is 2.18. The van der Waals surface area contributed by atoms with Crippen LogP contribution < -0.4 is 0 Å². The number of unbranched alkanes of at least 4 members (excludes halogenated alkanes) is 16. The van der Waals surface area contributed by atoms with Crippen molar-refractivity contribution in [2.75, 3.05) is 20.6 Å². The van der Waals surface area contributed by atoms with Crippen molar-refractivity contribution in [1.82, 2.24) is 4.90 Å². The molecule has 1 N–H and O–H groups in total. The smallest absolute Gasteiger partial charge is 0.306 e. The van der Waals surface area contributed by atoms with Crippen LogP contribution in [0.5, 0.6) is 0 Å². The monoisotopic (exact) mass is 740 g/mol. The summed E-state index contributed by atoms with van der Waals surface area (Å²) in [6.45, 7) is 9.84. The molecule has 0 aliphatic carbocycles. The lowest BCUT2D eigenvalue weighted by Gasteiger charge is -2.22. The fraction of sp³-hybridized carbons (Fsp3) is 0.956. The second-order valence-corrected chi connectivity index (χ2v) is 16.0. The van der Waals surface area contributed by atoms with Gasteiger partial charge >= 0.3 is 11.9 Å². The molecule has 1 unspecified atom stereocenters. The van der Waals surface area contributed by atoms with Gasteiger partial charge in [0.05, 0.1) is 6.10 Å². The first-order valence-electron chi connectivity index (χ1n) is 22.6. The number of hydrogen-bond donors (Lipinski definition) is 1. The summed E-state index contributed by atoms with van der Waals surface area (Å²) in [6, 6.07) is 0. The minimum Gasteiger partial charge on any atom is -0.462 e. The summed E-state index contributed by atoms with van der Waals surface area (Å²) < 4.78 is 18.1. The van der Waals surface area contributed by atoms with E-state index in [2.05, 4.69) is 32.6 Å². The van der Waals surface area contributed by atoms with E-state index in [1.165, 1.54) is 77.0 Å². The SMILES string of the molecule is CCCCCCC(CCCCCC)OC(=O)CCCCCC(CCCCCC(=O)OC(CCCCCC)CCCCCC)OC(O)CCCN(C)C. The predicted octanol–water partition coefficient (Wildman–Crippen LogP) is 12.6. The Balaban J connectivity index is 4.73. The Morgan fingerprint density at radius 1 is 0.442 bits per heavy atom. The highest BCUT2D eigenvalue weighted by atomic mass is 16.6. The van der Waals surface area contributed by atoms with Crippen LogP contribution in [-0.4, -0.2) is 67.2 Å². The third-order valence-electron chi connectivity index (χ3n) is 10.3. The van der Waals surface area contributed by atoms with Crippen molar-refractivity contribution in [3.05, 3.63) is 0 Å². The molecule has 0 radical (unpaired) electrons. The average molecular weight is 740 g/mol. The van der Waals surface area contributed by atoms with E-state index < -0.39 is 6.29 Å². The van der Waals surface area contributed by atoms with Crippen LogP contribution in [-0.2, 0) is 23.8 Å². The van der Waals surface area contributed by atoms with Crippen LogP contribution in [0.1, 0.15) is 233 Å². The van der Waals surface area contributed by atoms with E-state index in [0.29, 0.717) is 19.3 Å². The van der Waals surface area contributed by atoms with Gasteiger partial charge in [-0.1, -0.05) is 130 Å². The maximum Gasteiger partial charge on any atom is 0.306 e. The first-order valence-corrected chi connectivity index (χ1v) is 22.6. The Hall–Kier alpha value is -1.18. The summed E-state index contributed by atoms with van der Waals surface area (Å²) in [7, 11) is 4.09. The standard InChI is InChI=1S/C45H89NO6/c1-7-11-15-21-30-40(31-22-16-12-8-2)50-43(47)36-27-19-25-34-42(52-45(49)38-29-39-46(5)6)35-26-20-28-37-44(48)51-41(32-23-17-13-9-3)33-24-18-14-10-4/h40-42,45,49H,7-39H2,1-6H3. The Bertz CT molecular complexity index is 701. The number of esters is 2. The lowest BCUT2D eigenvalue weighted by atomic mass is 10.0. The van der Waals surface area contributed by atoms with Crippen LogP contribution in [0.3, 0.4) is 0 Å². The van der Waals surface area contributed by atoms with Crippen LogP contribution in [0.2, 0.25) is 0 Å². The van der Waals surface area contributed by atoms with Gasteiger partial charge in [0.15, 0.2) is 6.29 Å². The molecule has 0 fully saturated rings. The van der Waals surface area contributed by atoms with Crippen molar-refractivity contribution in [1.29, 1.82) is 0 Å². The van der Waals surface area contributed by atoms with Crippen LogP contribution in [0, 0.1) is 0 Å². The van der Waals surface area contributed by atoms with Crippen molar-refractivity contribution in [3.63, 3.8) is 0 Å². The topological polar surface area (TPSA) is 85.3 Å². The summed E-state index contributed by atoms with van der Waals surface area (Å²) in [4.78, 5) is 27.6. The van der Waals surface area contributed by atoms with Crippen molar-refractivity contribution in [2.45, 2.75) is 258 Å². The number of carbonyl (C=O) groups excluding carboxylic acids is 2. The van der Waals surface area contributed by atoms with E-state index >= 15 is 0 Å². The van der Waals surface area contributed by atoms with Gasteiger partial charge in [-0.2, -0.15) is 0 Å². The van der Waals surface area contributed by atoms with Gasteiger partial charge in [-0.15, -0.1) is 0 Å². The molecular formula is C45H89NO6. The number of hydrogen-bond acceptors (Lipinski definition) is 7. The van der Waals surface area contributed by atoms with E-state index in [0.717, 1.165) is 116 Å². The summed E-state index contributed by atoms with van der Waals surface area (Å²) >= 11 is 0. The first-order chi connectivity index (χ1) is 25.2. The Kier molecular flexibility index (Phi) is 37.2. The number of aliphatic hydroxyl groups is 1. The Morgan fingerprint density at radius 2 is 0.769 bits per heavy atom. The second-order valence-electron chi connectivity index (χ2n) is 16.0. The molecule has 310 valence electrons. The van der Waals surface area contributed by atoms with Gasteiger partial charge in [0.2, 0.25) is 0 Å². The highest BCUT2D eigenvalue weighted by molar-refractivity contribution is 5.69. The Morgan fingerprint density at radius 3 is 1.10 bits per heavy atom. The zero-order chi connectivity index (χ0) is 38.5. The number of ether oxygens (including phenoxy) is 3. The third-order valence-corrected chi connectivity index (χ3v) is 10.3. The van der Waals surface area contributed by atoms with Gasteiger partial charge in [-0.3, -0.25) is 9.59 Å². The minimum atomic E-state index is -0.756. The molecule has 52 heavy (non-hydrogen) atoms. The van der Waals surface area contributed by atoms with E-state index in [4.69, 9.17) is 14.2 Å². The summed E-state index contributed by atoms with van der Waals surface area (Å²) in [5.41, 5.74) is 0. The molecule has 0 aromatic heterocycles. The fourth-order valence-electron chi connectivity index (χ4n) is 7.00. The van der Waals surface area contributed by atoms with Crippen LogP contribution in [0.4, 0.5) is 0 Å². The number of aliphatic hydroxyl groups excluding tert-OH is 1. The van der Waals surface area contributed by atoms with Gasteiger partial charge in [0, 0.05) is 12.8 Å². The van der Waals surface area contributed by atoms with Gasteiger partial charge < -0.3 is 24.2 Å². The van der Waals surface area contributed by atoms with E-state index in [1.807, 2.05) is 14.1 Å². The van der Waals surface area contributed by atoms with Gasteiger partial charge in [0.25, 0.3) is 0 Å². The van der Waals surface area contributed by atoms with Crippen LogP contribution in [0.15, 0.2) is 0 Å². The lowest BCUT2D eigenvalue weighted by Crippen LogP contribution is -2.24. The normalized spacial score (nSPS) is 12.4. The fourth-order valence-corrected chi connectivity index (χ4v) is 7.00. The summed E-state index contributed by atoms with van der Waals surface area (Å²) in [6.07, 6.45) is 32.4. The molecular weight excluding hydrogens is 650 g/mol. The molecule has 0 aromatic rings. The molecule has 0 saturated carbocycles. The zero-order valence-corrected chi connectivity index (χ0v) is 35.6. The van der Waals surface area contributed by atoms with Gasteiger partial charge in [0.1, 0.15) is 12.2 Å². The molecule has 0 saturated heterocycles. The van der Waals surface area contributed by atoms with Gasteiger partial charge in [-0.05, 0) is 111 Å². The molecule has 0 rings (SSSR count). The van der Waals surface area contributed by atoms with Crippen molar-refractivity contribution in [3.8, 4) is 0 Å². The molecule has 0 aliphatic rings. The van der Waals surface area contributed by atoms with E-state index in [9.17, 15) is 14.7 Å². The zero-order valence-electron chi connectivity index (χ0n) is 35.6. The number of carbonyl (C=O) groups is 2. The maximum atomic E-state index is 12.8. The molecule has 7 nitrogen and oxygen atoms in total. The number of rotatable bonds is 40. The molecule has 0 amide bonds. The van der Waals surface area contributed by atoms with Crippen molar-refractivity contribution in [2.24, 2.45) is 0 Å². The average Bonchev–Trinajstić information content (AvgIpc) is 3.11.